The largest absolute Gasteiger partial charge is 0.364 e. The number of halogens is 1. The molecule has 0 saturated heterocycles. The molecule has 0 spiro atoms. The molecule has 4 rings (SSSR count). The van der Waals surface area contributed by atoms with Crippen LogP contribution in [-0.4, -0.2) is 22.8 Å². The van der Waals surface area contributed by atoms with Crippen LogP contribution in [0.3, 0.4) is 0 Å². The zero-order valence-electron chi connectivity index (χ0n) is 18.9. The van der Waals surface area contributed by atoms with Gasteiger partial charge in [-0.05, 0) is 53.8 Å². The molecule has 1 aliphatic heterocycles. The number of pyridine rings is 2. The highest BCUT2D eigenvalue weighted by Crippen LogP contribution is 2.37. The summed E-state index contributed by atoms with van der Waals surface area (Å²) >= 11 is 0. The van der Waals surface area contributed by atoms with Gasteiger partial charge in [0.25, 0.3) is 0 Å². The van der Waals surface area contributed by atoms with Gasteiger partial charge in [-0.2, -0.15) is 0 Å². The summed E-state index contributed by atoms with van der Waals surface area (Å²) in [6.07, 6.45) is 5.62. The fraction of sp³-hybridized carbons (Fsp3) is 0.222. The third-order valence-electron chi connectivity index (χ3n) is 5.73. The molecule has 168 valence electrons. The smallest absolute Gasteiger partial charge is 0.152 e. The van der Waals surface area contributed by atoms with Crippen LogP contribution < -0.4 is 10.2 Å². The van der Waals surface area contributed by atoms with Crippen molar-refractivity contribution in [2.45, 2.75) is 33.2 Å². The minimum absolute atomic E-state index is 0.217. The molecular weight excluding hydrogens is 415 g/mol. The highest BCUT2D eigenvalue weighted by molar-refractivity contribution is 6.02. The van der Waals surface area contributed by atoms with Gasteiger partial charge in [0.2, 0.25) is 0 Å². The first-order valence-corrected chi connectivity index (χ1v) is 11.1. The van der Waals surface area contributed by atoms with Crippen molar-refractivity contribution < 1.29 is 9.18 Å². The van der Waals surface area contributed by atoms with Gasteiger partial charge in [0.1, 0.15) is 17.5 Å². The summed E-state index contributed by atoms with van der Waals surface area (Å²) in [6, 6.07) is 13.1. The standard InChI is InChI=1S/C27H27FN4O/c1-4-12-32-16-22(17-33)19(3)24-14-21(13-20-9-7-8-18(2)25(20)28)26(31-27(24)32)30-15-23-10-5-6-11-29-23/h5-11,14,16-17H,3-4,12-13,15H2,1-2H3,(H,30,31). The predicted molar refractivity (Wildman–Crippen MR) is 131 cm³/mol. The number of nitrogens with one attached hydrogen (secondary N) is 1. The van der Waals surface area contributed by atoms with E-state index in [1.54, 1.807) is 31.5 Å². The molecule has 3 heterocycles. The van der Waals surface area contributed by atoms with Crippen molar-refractivity contribution in [2.24, 2.45) is 0 Å². The monoisotopic (exact) mass is 442 g/mol. The molecule has 1 N–H and O–H groups in total. The van der Waals surface area contributed by atoms with Crippen molar-refractivity contribution in [1.29, 1.82) is 0 Å². The van der Waals surface area contributed by atoms with Gasteiger partial charge in [-0.25, -0.2) is 9.37 Å². The van der Waals surface area contributed by atoms with Gasteiger partial charge < -0.3 is 10.2 Å². The first-order chi connectivity index (χ1) is 16.0. The molecule has 5 nitrogen and oxygen atoms in total. The number of carbonyl (C=O) groups is 1. The summed E-state index contributed by atoms with van der Waals surface area (Å²) in [5, 5.41) is 3.39. The number of anilines is 2. The van der Waals surface area contributed by atoms with Crippen molar-refractivity contribution in [3.05, 3.63) is 101 Å². The van der Waals surface area contributed by atoms with E-state index in [-0.39, 0.29) is 5.82 Å². The minimum Gasteiger partial charge on any atom is -0.364 e. The quantitative estimate of drug-likeness (QED) is 0.470. The normalized spacial score (nSPS) is 12.9. The van der Waals surface area contributed by atoms with Crippen LogP contribution in [0.1, 0.15) is 41.3 Å². The number of aryl methyl sites for hydroxylation is 1. The molecule has 33 heavy (non-hydrogen) atoms. The van der Waals surface area contributed by atoms with E-state index < -0.39 is 0 Å². The van der Waals surface area contributed by atoms with E-state index in [0.717, 1.165) is 41.9 Å². The highest BCUT2D eigenvalue weighted by Gasteiger charge is 2.24. The molecule has 0 amide bonds. The van der Waals surface area contributed by atoms with Gasteiger partial charge in [0.05, 0.1) is 12.2 Å². The third-order valence-corrected chi connectivity index (χ3v) is 5.73. The van der Waals surface area contributed by atoms with Gasteiger partial charge in [-0.1, -0.05) is 37.8 Å². The van der Waals surface area contributed by atoms with Crippen molar-refractivity contribution in [3.63, 3.8) is 0 Å². The lowest BCUT2D eigenvalue weighted by molar-refractivity contribution is -0.104. The van der Waals surface area contributed by atoms with Crippen LogP contribution >= 0.6 is 0 Å². The number of allylic oxidation sites excluding steroid dienone is 2. The number of rotatable bonds is 8. The summed E-state index contributed by atoms with van der Waals surface area (Å²) in [5.74, 6) is 1.19. The average molecular weight is 443 g/mol. The lowest BCUT2D eigenvalue weighted by atomic mass is 9.94. The SMILES string of the molecule is C=C1C(C=O)=CN(CCC)c2nc(NCc3ccccn3)c(Cc3cccc(C)c3F)cc21. The van der Waals surface area contributed by atoms with Gasteiger partial charge in [0.15, 0.2) is 6.29 Å². The second-order valence-corrected chi connectivity index (χ2v) is 8.14. The van der Waals surface area contributed by atoms with Crippen LogP contribution in [0.5, 0.6) is 0 Å². The Bertz CT molecular complexity index is 1220. The summed E-state index contributed by atoms with van der Waals surface area (Å²) in [4.78, 5) is 23.0. The predicted octanol–water partition coefficient (Wildman–Crippen LogP) is 5.45. The number of nitrogens with zero attached hydrogens (tertiary/aromatic N) is 3. The number of benzene rings is 1. The summed E-state index contributed by atoms with van der Waals surface area (Å²) < 4.78 is 14.8. The molecule has 1 aliphatic rings. The maximum absolute atomic E-state index is 14.8. The van der Waals surface area contributed by atoms with Crippen molar-refractivity contribution in [3.8, 4) is 0 Å². The number of hydrogen-bond acceptors (Lipinski definition) is 5. The number of fused-ring (bicyclic) bond motifs is 1. The molecule has 0 unspecified atom stereocenters. The van der Waals surface area contributed by atoms with Crippen LogP contribution in [0, 0.1) is 12.7 Å². The Kier molecular flexibility index (Phi) is 6.63. The Morgan fingerprint density at radius 1 is 1.18 bits per heavy atom. The molecule has 0 fully saturated rings. The Balaban J connectivity index is 1.79. The molecule has 0 bridgehead atoms. The lowest BCUT2D eigenvalue weighted by Gasteiger charge is -2.29. The zero-order chi connectivity index (χ0) is 23.4. The van der Waals surface area contributed by atoms with E-state index in [1.807, 2.05) is 35.2 Å². The average Bonchev–Trinajstić information content (AvgIpc) is 2.83. The Morgan fingerprint density at radius 2 is 2.03 bits per heavy atom. The van der Waals surface area contributed by atoms with E-state index >= 15 is 0 Å². The third kappa shape index (κ3) is 4.70. The fourth-order valence-electron chi connectivity index (χ4n) is 3.98. The van der Waals surface area contributed by atoms with Crippen molar-refractivity contribution in [1.82, 2.24) is 9.97 Å². The van der Waals surface area contributed by atoms with Crippen LogP contribution in [0.4, 0.5) is 16.0 Å². The molecule has 6 heteroatoms. The second kappa shape index (κ2) is 9.77. The van der Waals surface area contributed by atoms with E-state index in [4.69, 9.17) is 4.98 Å². The molecule has 0 radical (unpaired) electrons. The Hall–Kier alpha value is -3.80. The molecular formula is C27H27FN4O. The van der Waals surface area contributed by atoms with Crippen molar-refractivity contribution >= 4 is 23.5 Å². The van der Waals surface area contributed by atoms with E-state index in [2.05, 4.69) is 23.8 Å². The number of hydrogen-bond donors (Lipinski definition) is 1. The molecule has 0 aliphatic carbocycles. The highest BCUT2D eigenvalue weighted by atomic mass is 19.1. The summed E-state index contributed by atoms with van der Waals surface area (Å²) in [6.45, 7) is 9.18. The molecule has 3 aromatic rings. The van der Waals surface area contributed by atoms with Gasteiger partial charge in [0, 0.05) is 36.5 Å². The Morgan fingerprint density at radius 3 is 2.76 bits per heavy atom. The molecule has 0 atom stereocenters. The van der Waals surface area contributed by atoms with Crippen LogP contribution in [0.2, 0.25) is 0 Å². The van der Waals surface area contributed by atoms with E-state index in [0.29, 0.717) is 41.1 Å². The van der Waals surface area contributed by atoms with Crippen molar-refractivity contribution in [2.75, 3.05) is 16.8 Å². The lowest BCUT2D eigenvalue weighted by Crippen LogP contribution is -2.25. The Labute approximate surface area is 193 Å². The van der Waals surface area contributed by atoms with Crippen LogP contribution in [-0.2, 0) is 17.8 Å². The summed E-state index contributed by atoms with van der Waals surface area (Å²) in [7, 11) is 0. The second-order valence-electron chi connectivity index (χ2n) is 8.14. The molecule has 2 aromatic heterocycles. The zero-order valence-corrected chi connectivity index (χ0v) is 18.9. The maximum Gasteiger partial charge on any atom is 0.152 e. The van der Waals surface area contributed by atoms with Gasteiger partial charge in [-0.3, -0.25) is 9.78 Å². The van der Waals surface area contributed by atoms with E-state index in [1.165, 1.54) is 0 Å². The first kappa shape index (κ1) is 22.4. The molecule has 1 aromatic carbocycles. The van der Waals surface area contributed by atoms with E-state index in [9.17, 15) is 9.18 Å². The van der Waals surface area contributed by atoms with Gasteiger partial charge in [-0.15, -0.1) is 0 Å². The van der Waals surface area contributed by atoms with Crippen LogP contribution in [0.25, 0.3) is 5.57 Å². The first-order valence-electron chi connectivity index (χ1n) is 11.1. The topological polar surface area (TPSA) is 58.1 Å². The number of aldehydes is 1. The van der Waals surface area contributed by atoms with Crippen LogP contribution in [0.15, 0.2) is 67.0 Å². The minimum atomic E-state index is -0.217. The van der Waals surface area contributed by atoms with Gasteiger partial charge >= 0.3 is 0 Å². The fourth-order valence-corrected chi connectivity index (χ4v) is 3.98. The molecule has 0 saturated carbocycles. The number of aromatic nitrogens is 2. The maximum atomic E-state index is 14.8. The number of carbonyl (C=O) groups excluding carboxylic acids is 1. The summed E-state index contributed by atoms with van der Waals surface area (Å²) in [5.41, 5.74) is 4.85.